The number of nitrogens with zero attached hydrogens (tertiary/aromatic N) is 2. The van der Waals surface area contributed by atoms with Crippen molar-refractivity contribution in [2.75, 3.05) is 6.54 Å². The first kappa shape index (κ1) is 20.6. The number of nitrogens with one attached hydrogen (secondary N) is 1. The van der Waals surface area contributed by atoms with Crippen LogP contribution in [-0.4, -0.2) is 34.3 Å². The maximum absolute atomic E-state index is 13.1. The van der Waals surface area contributed by atoms with Crippen molar-refractivity contribution in [3.63, 3.8) is 0 Å². The molecule has 7 heteroatoms. The number of fused-ring (bicyclic) bond motifs is 4. The van der Waals surface area contributed by atoms with Crippen LogP contribution in [-0.2, 0) is 6.42 Å². The van der Waals surface area contributed by atoms with Crippen molar-refractivity contribution >= 4 is 23.3 Å². The molecule has 34 heavy (non-hydrogen) atoms. The Balaban J connectivity index is 1.18. The van der Waals surface area contributed by atoms with Gasteiger partial charge in [0.25, 0.3) is 5.91 Å². The van der Waals surface area contributed by atoms with E-state index in [0.29, 0.717) is 34.7 Å². The number of rotatable bonds is 4. The average Bonchev–Trinajstić information content (AvgIpc) is 3.41. The van der Waals surface area contributed by atoms with Crippen molar-refractivity contribution in [1.29, 1.82) is 0 Å². The quantitative estimate of drug-likeness (QED) is 0.413. The van der Waals surface area contributed by atoms with E-state index in [2.05, 4.69) is 21.4 Å². The van der Waals surface area contributed by atoms with Crippen molar-refractivity contribution < 1.29 is 14.3 Å². The normalized spacial score (nSPS) is 15.3. The minimum Gasteiger partial charge on any atom is -0.488 e. The van der Waals surface area contributed by atoms with Crippen molar-refractivity contribution in [3.05, 3.63) is 101 Å². The zero-order valence-corrected chi connectivity index (χ0v) is 18.7. The van der Waals surface area contributed by atoms with E-state index in [1.807, 2.05) is 24.3 Å². The van der Waals surface area contributed by atoms with Gasteiger partial charge in [-0.2, -0.15) is 0 Å². The van der Waals surface area contributed by atoms with E-state index in [0.717, 1.165) is 33.6 Å². The molecule has 0 saturated carbocycles. The third-order valence-corrected chi connectivity index (χ3v) is 6.47. The van der Waals surface area contributed by atoms with Gasteiger partial charge in [-0.25, -0.2) is 9.97 Å². The summed E-state index contributed by atoms with van der Waals surface area (Å²) in [7, 11) is 0. The Morgan fingerprint density at radius 1 is 1.00 bits per heavy atom. The van der Waals surface area contributed by atoms with Crippen molar-refractivity contribution in [3.8, 4) is 28.0 Å². The zero-order chi connectivity index (χ0) is 23.2. The van der Waals surface area contributed by atoms with Crippen LogP contribution in [0.25, 0.3) is 22.3 Å². The summed E-state index contributed by atoms with van der Waals surface area (Å²) < 4.78 is 6.03. The molecule has 1 aromatic heterocycles. The lowest BCUT2D eigenvalue weighted by Gasteiger charge is -2.13. The minimum atomic E-state index is -0.300. The van der Waals surface area contributed by atoms with Crippen molar-refractivity contribution in [1.82, 2.24) is 15.3 Å². The minimum absolute atomic E-state index is 0.180. The van der Waals surface area contributed by atoms with Crippen LogP contribution in [0.4, 0.5) is 0 Å². The highest BCUT2D eigenvalue weighted by atomic mass is 35.5. The highest BCUT2D eigenvalue weighted by Crippen LogP contribution is 2.39. The van der Waals surface area contributed by atoms with Gasteiger partial charge in [0.05, 0.1) is 12.1 Å². The molecule has 1 atom stereocenters. The summed E-state index contributed by atoms with van der Waals surface area (Å²) in [6.45, 7) is 0.327. The highest BCUT2D eigenvalue weighted by molar-refractivity contribution is 6.32. The number of hydrogen-bond donors (Lipinski definition) is 1. The monoisotopic (exact) mass is 467 g/mol. The number of halogens is 1. The number of carbonyl (C=O) groups excluding carboxylic acids is 2. The molecule has 6 nitrogen and oxygen atoms in total. The topological polar surface area (TPSA) is 81.2 Å². The first-order chi connectivity index (χ1) is 16.6. The smallest absolute Gasteiger partial charge is 0.252 e. The second-order valence-corrected chi connectivity index (χ2v) is 8.79. The number of aromatic nitrogens is 2. The average molecular weight is 468 g/mol. The van der Waals surface area contributed by atoms with Gasteiger partial charge in [-0.1, -0.05) is 35.9 Å². The third-order valence-electron chi connectivity index (χ3n) is 6.24. The van der Waals surface area contributed by atoms with Gasteiger partial charge in [0, 0.05) is 40.5 Å². The molecule has 4 aromatic rings. The number of amides is 1. The van der Waals surface area contributed by atoms with Gasteiger partial charge in [0.1, 0.15) is 18.2 Å². The van der Waals surface area contributed by atoms with E-state index in [-0.39, 0.29) is 17.8 Å². The summed E-state index contributed by atoms with van der Waals surface area (Å²) in [6.07, 6.45) is 5.53. The molecule has 1 amide bonds. The van der Waals surface area contributed by atoms with Gasteiger partial charge < -0.3 is 10.1 Å². The molecule has 3 aromatic carbocycles. The molecule has 2 heterocycles. The largest absolute Gasteiger partial charge is 0.488 e. The molecular weight excluding hydrogens is 450 g/mol. The van der Waals surface area contributed by atoms with Gasteiger partial charge >= 0.3 is 0 Å². The summed E-state index contributed by atoms with van der Waals surface area (Å²) >= 11 is 6.09. The zero-order valence-electron chi connectivity index (χ0n) is 17.9. The molecule has 1 N–H and O–H groups in total. The first-order valence-electron chi connectivity index (χ1n) is 10.9. The summed E-state index contributed by atoms with van der Waals surface area (Å²) in [4.78, 5) is 34.3. The van der Waals surface area contributed by atoms with Crippen LogP contribution < -0.4 is 10.1 Å². The highest BCUT2D eigenvalue weighted by Gasteiger charge is 2.32. The Bertz CT molecular complexity index is 1470. The van der Waals surface area contributed by atoms with E-state index in [1.165, 1.54) is 6.33 Å². The summed E-state index contributed by atoms with van der Waals surface area (Å²) in [5.74, 6) is 0.328. The van der Waals surface area contributed by atoms with Crippen LogP contribution in [0.15, 0.2) is 73.3 Å². The predicted octanol–water partition coefficient (Wildman–Crippen LogP) is 4.74. The fourth-order valence-electron chi connectivity index (χ4n) is 4.65. The lowest BCUT2D eigenvalue weighted by Crippen LogP contribution is -2.35. The van der Waals surface area contributed by atoms with Crippen LogP contribution in [0.3, 0.4) is 0 Å². The molecule has 0 spiro atoms. The van der Waals surface area contributed by atoms with Crippen LogP contribution in [0.2, 0.25) is 5.02 Å². The number of hydrogen-bond acceptors (Lipinski definition) is 5. The molecule has 166 valence electrons. The fourth-order valence-corrected chi connectivity index (χ4v) is 4.82. The number of ketones is 1. The van der Waals surface area contributed by atoms with E-state index in [4.69, 9.17) is 16.3 Å². The molecule has 1 aliphatic heterocycles. The first-order valence-corrected chi connectivity index (χ1v) is 11.3. The number of ether oxygens (including phenoxy) is 1. The molecule has 0 bridgehead atoms. The molecule has 1 unspecified atom stereocenters. The number of carbonyl (C=O) groups is 2. The van der Waals surface area contributed by atoms with Crippen molar-refractivity contribution in [2.45, 2.75) is 12.5 Å². The van der Waals surface area contributed by atoms with Crippen LogP contribution in [0.1, 0.15) is 31.8 Å². The molecule has 1 aliphatic carbocycles. The summed E-state index contributed by atoms with van der Waals surface area (Å²) in [6, 6.07) is 16.5. The SMILES string of the molecule is O=C(NCC1Cc2cc(-c3cncnc3)ccc2O1)c1cccc2c1C(=O)c1cc(Cl)ccc1-2. The molecule has 2 aliphatic rings. The molecular formula is C27H18ClN3O3. The second kappa shape index (κ2) is 8.08. The standard InChI is InChI=1S/C27H18ClN3O3/c28-18-5-6-20-21-2-1-3-22(25(21)26(32)23(20)10-18)27(33)31-13-19-9-16-8-15(4-7-24(16)34-19)17-11-29-14-30-12-17/h1-8,10-12,14,19H,9,13H2,(H,31,33). The fraction of sp³-hybridized carbons (Fsp3) is 0.111. The second-order valence-electron chi connectivity index (χ2n) is 8.35. The van der Waals surface area contributed by atoms with E-state index >= 15 is 0 Å². The predicted molar refractivity (Wildman–Crippen MR) is 128 cm³/mol. The Labute approximate surface area is 200 Å². The maximum atomic E-state index is 13.1. The van der Waals surface area contributed by atoms with Gasteiger partial charge in [0.15, 0.2) is 5.78 Å². The number of benzene rings is 3. The van der Waals surface area contributed by atoms with Gasteiger partial charge in [-0.05, 0) is 52.6 Å². The molecule has 0 fully saturated rings. The lowest BCUT2D eigenvalue weighted by molar-refractivity contribution is 0.0925. The van der Waals surface area contributed by atoms with Crippen LogP contribution in [0, 0.1) is 0 Å². The van der Waals surface area contributed by atoms with Crippen LogP contribution in [0.5, 0.6) is 5.75 Å². The van der Waals surface area contributed by atoms with E-state index in [1.54, 1.807) is 36.7 Å². The molecule has 6 rings (SSSR count). The van der Waals surface area contributed by atoms with Gasteiger partial charge in [-0.3, -0.25) is 9.59 Å². The van der Waals surface area contributed by atoms with Gasteiger partial charge in [0.2, 0.25) is 0 Å². The van der Waals surface area contributed by atoms with Gasteiger partial charge in [-0.15, -0.1) is 0 Å². The Hall–Kier alpha value is -4.03. The van der Waals surface area contributed by atoms with Crippen LogP contribution >= 0.6 is 11.6 Å². The Morgan fingerprint density at radius 2 is 1.85 bits per heavy atom. The Morgan fingerprint density at radius 3 is 2.71 bits per heavy atom. The van der Waals surface area contributed by atoms with E-state index < -0.39 is 0 Å². The lowest BCUT2D eigenvalue weighted by atomic mass is 10.00. The Kier molecular flexibility index (Phi) is 4.89. The molecule has 0 radical (unpaired) electrons. The summed E-state index contributed by atoms with van der Waals surface area (Å²) in [5.41, 5.74) is 5.89. The third kappa shape index (κ3) is 3.43. The molecule has 0 saturated heterocycles. The maximum Gasteiger partial charge on any atom is 0.252 e. The van der Waals surface area contributed by atoms with E-state index in [9.17, 15) is 9.59 Å². The van der Waals surface area contributed by atoms with Crippen molar-refractivity contribution in [2.24, 2.45) is 0 Å². The summed E-state index contributed by atoms with van der Waals surface area (Å²) in [5, 5.41) is 3.44.